The summed E-state index contributed by atoms with van der Waals surface area (Å²) in [5.74, 6) is 0.744. The van der Waals surface area contributed by atoms with Crippen LogP contribution in [-0.2, 0) is 6.42 Å². The Bertz CT molecular complexity index is 586. The van der Waals surface area contributed by atoms with Crippen molar-refractivity contribution in [3.05, 3.63) is 22.4 Å². The molecule has 0 atom stereocenters. The van der Waals surface area contributed by atoms with E-state index in [2.05, 4.69) is 34.0 Å². The van der Waals surface area contributed by atoms with Gasteiger partial charge in [0.05, 0.1) is 16.8 Å². The molecule has 0 bridgehead atoms. The van der Waals surface area contributed by atoms with Gasteiger partial charge in [-0.15, -0.1) is 0 Å². The molecule has 0 radical (unpaired) electrons. The molecule has 5 nitrogen and oxygen atoms in total. The van der Waals surface area contributed by atoms with E-state index in [-0.39, 0.29) is 0 Å². The molecular formula is C15H19N5. The lowest BCUT2D eigenvalue weighted by Crippen LogP contribution is -2.45. The molecule has 2 heterocycles. The maximum absolute atomic E-state index is 9.49. The van der Waals surface area contributed by atoms with Crippen molar-refractivity contribution < 1.29 is 0 Å². The van der Waals surface area contributed by atoms with Crippen LogP contribution < -0.4 is 4.90 Å². The van der Waals surface area contributed by atoms with Gasteiger partial charge in [0.1, 0.15) is 18.0 Å². The standard InChI is InChI=1S/C15H19N5/c1-4-12-13(9-16)11(2)18-15(14(12)10-17)20-7-5-19(3)6-8-20/h4-8H2,1-3H3. The van der Waals surface area contributed by atoms with E-state index in [0.717, 1.165) is 43.3 Å². The second-order valence-corrected chi connectivity index (χ2v) is 5.12. The van der Waals surface area contributed by atoms with Crippen LogP contribution in [0.3, 0.4) is 0 Å². The van der Waals surface area contributed by atoms with Gasteiger partial charge in [0, 0.05) is 26.2 Å². The van der Waals surface area contributed by atoms with Crippen molar-refractivity contribution in [1.29, 1.82) is 10.5 Å². The summed E-state index contributed by atoms with van der Waals surface area (Å²) in [6.07, 6.45) is 0.676. The Kier molecular flexibility index (Phi) is 4.22. The summed E-state index contributed by atoms with van der Waals surface area (Å²) >= 11 is 0. The number of likely N-dealkylation sites (N-methyl/N-ethyl adjacent to an activating group) is 1. The third-order valence-electron chi connectivity index (χ3n) is 3.84. The molecule has 0 aliphatic carbocycles. The van der Waals surface area contributed by atoms with Crippen LogP contribution in [0.5, 0.6) is 0 Å². The predicted octanol–water partition coefficient (Wildman–Crippen LogP) is 1.45. The Labute approximate surface area is 120 Å². The van der Waals surface area contributed by atoms with Crippen LogP contribution >= 0.6 is 0 Å². The van der Waals surface area contributed by atoms with Gasteiger partial charge in [0.15, 0.2) is 0 Å². The first-order valence-electron chi connectivity index (χ1n) is 6.89. The molecule has 2 rings (SSSR count). The molecule has 0 saturated carbocycles. The molecular weight excluding hydrogens is 250 g/mol. The Morgan fingerprint density at radius 2 is 1.70 bits per heavy atom. The first-order chi connectivity index (χ1) is 9.62. The molecule has 1 aromatic rings. The third kappa shape index (κ3) is 2.45. The molecule has 1 aliphatic rings. The summed E-state index contributed by atoms with van der Waals surface area (Å²) in [7, 11) is 2.09. The Morgan fingerprint density at radius 3 is 2.20 bits per heavy atom. The van der Waals surface area contributed by atoms with Crippen molar-refractivity contribution in [1.82, 2.24) is 9.88 Å². The van der Waals surface area contributed by atoms with Crippen molar-refractivity contribution in [2.75, 3.05) is 38.1 Å². The van der Waals surface area contributed by atoms with Crippen LogP contribution in [0.25, 0.3) is 0 Å². The van der Waals surface area contributed by atoms with E-state index >= 15 is 0 Å². The Balaban J connectivity index is 2.52. The largest absolute Gasteiger partial charge is 0.353 e. The summed E-state index contributed by atoms with van der Waals surface area (Å²) in [4.78, 5) is 8.96. The van der Waals surface area contributed by atoms with Crippen molar-refractivity contribution in [3.63, 3.8) is 0 Å². The number of anilines is 1. The number of nitrogens with zero attached hydrogens (tertiary/aromatic N) is 5. The lowest BCUT2D eigenvalue weighted by atomic mass is 9.99. The van der Waals surface area contributed by atoms with Crippen LogP contribution in [0, 0.1) is 29.6 Å². The first kappa shape index (κ1) is 14.3. The summed E-state index contributed by atoms with van der Waals surface area (Å²) in [5, 5.41) is 18.8. The average Bonchev–Trinajstić information content (AvgIpc) is 2.46. The molecule has 20 heavy (non-hydrogen) atoms. The van der Waals surface area contributed by atoms with E-state index < -0.39 is 0 Å². The van der Waals surface area contributed by atoms with Crippen LogP contribution in [0.2, 0.25) is 0 Å². The summed E-state index contributed by atoms with van der Waals surface area (Å²) in [6.45, 7) is 7.49. The van der Waals surface area contributed by atoms with E-state index in [0.29, 0.717) is 17.5 Å². The highest BCUT2D eigenvalue weighted by atomic mass is 15.3. The zero-order valence-corrected chi connectivity index (χ0v) is 12.3. The quantitative estimate of drug-likeness (QED) is 0.813. The molecule has 0 N–H and O–H groups in total. The van der Waals surface area contributed by atoms with E-state index in [1.54, 1.807) is 0 Å². The third-order valence-corrected chi connectivity index (χ3v) is 3.84. The molecule has 0 spiro atoms. The number of hydrogen-bond acceptors (Lipinski definition) is 5. The van der Waals surface area contributed by atoms with Crippen LogP contribution in [0.4, 0.5) is 5.82 Å². The van der Waals surface area contributed by atoms with Gasteiger partial charge in [-0.1, -0.05) is 6.92 Å². The van der Waals surface area contributed by atoms with E-state index in [1.165, 1.54) is 0 Å². The van der Waals surface area contributed by atoms with Crippen LogP contribution in [-0.4, -0.2) is 43.1 Å². The maximum atomic E-state index is 9.49. The predicted molar refractivity (Wildman–Crippen MR) is 77.5 cm³/mol. The summed E-state index contributed by atoms with van der Waals surface area (Å²) in [6, 6.07) is 4.44. The Morgan fingerprint density at radius 1 is 1.10 bits per heavy atom. The number of pyridine rings is 1. The smallest absolute Gasteiger partial charge is 0.147 e. The van der Waals surface area contributed by atoms with Gasteiger partial charge in [-0.25, -0.2) is 4.98 Å². The minimum atomic E-state index is 0.557. The van der Waals surface area contributed by atoms with Crippen LogP contribution in [0.1, 0.15) is 29.3 Å². The van der Waals surface area contributed by atoms with Crippen LogP contribution in [0.15, 0.2) is 0 Å². The molecule has 0 unspecified atom stereocenters. The molecule has 104 valence electrons. The number of rotatable bonds is 2. The van der Waals surface area contributed by atoms with Gasteiger partial charge in [0.25, 0.3) is 0 Å². The molecule has 0 amide bonds. The average molecular weight is 269 g/mol. The number of nitriles is 2. The van der Waals surface area contributed by atoms with E-state index in [4.69, 9.17) is 0 Å². The van der Waals surface area contributed by atoms with E-state index in [9.17, 15) is 10.5 Å². The fourth-order valence-electron chi connectivity index (χ4n) is 2.62. The monoisotopic (exact) mass is 269 g/mol. The molecule has 5 heteroatoms. The summed E-state index contributed by atoms with van der Waals surface area (Å²) in [5.41, 5.74) is 2.68. The molecule has 1 fully saturated rings. The van der Waals surface area contributed by atoms with Gasteiger partial charge in [-0.2, -0.15) is 10.5 Å². The maximum Gasteiger partial charge on any atom is 0.147 e. The molecule has 0 aromatic carbocycles. The van der Waals surface area contributed by atoms with Gasteiger partial charge < -0.3 is 9.80 Å². The summed E-state index contributed by atoms with van der Waals surface area (Å²) < 4.78 is 0. The first-order valence-corrected chi connectivity index (χ1v) is 6.89. The second-order valence-electron chi connectivity index (χ2n) is 5.12. The zero-order valence-electron chi connectivity index (χ0n) is 12.3. The van der Waals surface area contributed by atoms with Gasteiger partial charge in [0.2, 0.25) is 0 Å². The van der Waals surface area contributed by atoms with Crippen molar-refractivity contribution >= 4 is 5.82 Å². The van der Waals surface area contributed by atoms with Gasteiger partial charge in [-0.3, -0.25) is 0 Å². The SMILES string of the molecule is CCc1c(C#N)c(C)nc(N2CCN(C)CC2)c1C#N. The second kappa shape index (κ2) is 5.90. The minimum absolute atomic E-state index is 0.557. The minimum Gasteiger partial charge on any atom is -0.353 e. The fraction of sp³-hybridized carbons (Fsp3) is 0.533. The fourth-order valence-corrected chi connectivity index (χ4v) is 2.62. The topological polar surface area (TPSA) is 67.0 Å². The number of hydrogen-bond donors (Lipinski definition) is 0. The highest BCUT2D eigenvalue weighted by Crippen LogP contribution is 2.27. The number of aryl methyl sites for hydroxylation is 1. The highest BCUT2D eigenvalue weighted by Gasteiger charge is 2.23. The van der Waals surface area contributed by atoms with Gasteiger partial charge in [-0.05, 0) is 26.0 Å². The number of aromatic nitrogens is 1. The van der Waals surface area contributed by atoms with Crippen molar-refractivity contribution in [2.45, 2.75) is 20.3 Å². The highest BCUT2D eigenvalue weighted by molar-refractivity contribution is 5.63. The molecule has 1 aromatic heterocycles. The zero-order chi connectivity index (χ0) is 14.7. The Hall–Kier alpha value is -2.11. The van der Waals surface area contributed by atoms with Crippen molar-refractivity contribution in [3.8, 4) is 12.1 Å². The normalized spacial score (nSPS) is 15.8. The van der Waals surface area contributed by atoms with Crippen molar-refractivity contribution in [2.24, 2.45) is 0 Å². The molecule has 1 saturated heterocycles. The lowest BCUT2D eigenvalue weighted by Gasteiger charge is -2.34. The van der Waals surface area contributed by atoms with Gasteiger partial charge >= 0.3 is 0 Å². The van der Waals surface area contributed by atoms with E-state index in [1.807, 2.05) is 13.8 Å². The molecule has 1 aliphatic heterocycles. The number of piperazine rings is 1. The lowest BCUT2D eigenvalue weighted by molar-refractivity contribution is 0.312.